The third-order valence-electron chi connectivity index (χ3n) is 5.32. The largest absolute Gasteiger partial charge is 0.493 e. The van der Waals surface area contributed by atoms with E-state index in [1.807, 2.05) is 26.0 Å². The summed E-state index contributed by atoms with van der Waals surface area (Å²) >= 11 is 0. The Morgan fingerprint density at radius 2 is 1.76 bits per heavy atom. The van der Waals surface area contributed by atoms with Gasteiger partial charge in [0.1, 0.15) is 10.6 Å². The summed E-state index contributed by atoms with van der Waals surface area (Å²) in [5.41, 5.74) is 3.13. The molecule has 0 amide bonds. The van der Waals surface area contributed by atoms with Gasteiger partial charge in [-0.2, -0.15) is 0 Å². The predicted molar refractivity (Wildman–Crippen MR) is 129 cm³/mol. The molecule has 4 aromatic rings. The van der Waals surface area contributed by atoms with Crippen molar-refractivity contribution in [1.82, 2.24) is 4.98 Å². The smallest absolute Gasteiger partial charge is 0.270 e. The number of sulfonamides is 1. The van der Waals surface area contributed by atoms with E-state index in [1.54, 1.807) is 31.2 Å². The van der Waals surface area contributed by atoms with Gasteiger partial charge in [0.25, 0.3) is 15.7 Å². The first-order valence-corrected chi connectivity index (χ1v) is 11.7. The molecule has 0 spiro atoms. The maximum Gasteiger partial charge on any atom is 0.270 e. The Hall–Kier alpha value is -4.25. The lowest BCUT2D eigenvalue weighted by Gasteiger charge is -2.12. The zero-order valence-electron chi connectivity index (χ0n) is 18.5. The van der Waals surface area contributed by atoms with Gasteiger partial charge in [0, 0.05) is 17.5 Å². The van der Waals surface area contributed by atoms with Gasteiger partial charge in [-0.3, -0.25) is 14.8 Å². The fourth-order valence-corrected chi connectivity index (χ4v) is 4.87. The number of benzene rings is 3. The maximum atomic E-state index is 13.2. The van der Waals surface area contributed by atoms with Crippen LogP contribution >= 0.6 is 0 Å². The van der Waals surface area contributed by atoms with Crippen LogP contribution in [0, 0.1) is 30.9 Å². The molecule has 0 saturated carbocycles. The van der Waals surface area contributed by atoms with Crippen molar-refractivity contribution < 1.29 is 18.4 Å². The van der Waals surface area contributed by atoms with E-state index < -0.39 is 25.5 Å². The maximum absolute atomic E-state index is 13.2. The number of hydrogen-bond donors (Lipinski definition) is 3. The number of H-pyrrole nitrogens is 1. The highest BCUT2D eigenvalue weighted by atomic mass is 32.2. The number of fused-ring (bicyclic) bond motifs is 1. The van der Waals surface area contributed by atoms with Crippen molar-refractivity contribution in [3.05, 3.63) is 81.4 Å². The van der Waals surface area contributed by atoms with Crippen LogP contribution < -0.4 is 4.72 Å². The van der Waals surface area contributed by atoms with Crippen LogP contribution in [-0.4, -0.2) is 23.4 Å². The minimum absolute atomic E-state index is 0.121. The van der Waals surface area contributed by atoms with Crippen LogP contribution in [0.15, 0.2) is 69.7 Å². The van der Waals surface area contributed by atoms with Crippen LogP contribution in [0.2, 0.25) is 0 Å². The second kappa shape index (κ2) is 8.60. The Labute approximate surface area is 195 Å². The molecule has 11 heteroatoms. The summed E-state index contributed by atoms with van der Waals surface area (Å²) in [4.78, 5) is 13.0. The molecule has 0 aliphatic heterocycles. The molecule has 0 aliphatic carbocycles. The van der Waals surface area contributed by atoms with Crippen molar-refractivity contribution in [2.24, 2.45) is 10.2 Å². The van der Waals surface area contributed by atoms with Gasteiger partial charge in [0.2, 0.25) is 5.88 Å². The van der Waals surface area contributed by atoms with E-state index in [2.05, 4.69) is 19.9 Å². The van der Waals surface area contributed by atoms with E-state index in [0.29, 0.717) is 22.2 Å². The van der Waals surface area contributed by atoms with Gasteiger partial charge < -0.3 is 10.1 Å². The Balaban J connectivity index is 1.81. The molecule has 34 heavy (non-hydrogen) atoms. The summed E-state index contributed by atoms with van der Waals surface area (Å²) in [5.74, 6) is -0.229. The van der Waals surface area contributed by atoms with E-state index in [0.717, 1.165) is 23.3 Å². The number of hydrogen-bond acceptors (Lipinski definition) is 7. The molecule has 0 saturated heterocycles. The quantitative estimate of drug-likeness (QED) is 0.178. The summed E-state index contributed by atoms with van der Waals surface area (Å²) in [6.45, 7) is 5.49. The molecule has 1 aromatic heterocycles. The summed E-state index contributed by atoms with van der Waals surface area (Å²) < 4.78 is 28.9. The highest BCUT2D eigenvalue weighted by Crippen LogP contribution is 2.39. The Morgan fingerprint density at radius 3 is 2.47 bits per heavy atom. The number of para-hydroxylation sites is 1. The van der Waals surface area contributed by atoms with Gasteiger partial charge in [-0.1, -0.05) is 35.9 Å². The van der Waals surface area contributed by atoms with Gasteiger partial charge >= 0.3 is 0 Å². The number of rotatable bonds is 6. The molecule has 4 rings (SSSR count). The Kier molecular flexibility index (Phi) is 5.80. The van der Waals surface area contributed by atoms with Crippen molar-refractivity contribution >= 4 is 43.7 Å². The first-order valence-electron chi connectivity index (χ1n) is 10.2. The molecule has 174 valence electrons. The lowest BCUT2D eigenvalue weighted by atomic mass is 10.1. The van der Waals surface area contributed by atoms with Gasteiger partial charge in [0.05, 0.1) is 16.1 Å². The van der Waals surface area contributed by atoms with Gasteiger partial charge in [-0.05, 0) is 44.0 Å². The minimum atomic E-state index is -4.26. The summed E-state index contributed by atoms with van der Waals surface area (Å²) in [6.07, 6.45) is 0. The zero-order chi connectivity index (χ0) is 24.6. The van der Waals surface area contributed by atoms with Gasteiger partial charge in [0.15, 0.2) is 5.69 Å². The second-order valence-electron chi connectivity index (χ2n) is 7.85. The van der Waals surface area contributed by atoms with Crippen LogP contribution in [0.5, 0.6) is 5.88 Å². The van der Waals surface area contributed by atoms with Gasteiger partial charge in [-0.15, -0.1) is 10.2 Å². The van der Waals surface area contributed by atoms with Crippen molar-refractivity contribution in [2.45, 2.75) is 25.7 Å². The van der Waals surface area contributed by atoms with E-state index in [4.69, 9.17) is 0 Å². The van der Waals surface area contributed by atoms with Crippen molar-refractivity contribution in [2.75, 3.05) is 4.72 Å². The number of azo groups is 1. The molecular formula is C23H21N5O5S. The van der Waals surface area contributed by atoms with Crippen molar-refractivity contribution in [1.29, 1.82) is 0 Å². The van der Waals surface area contributed by atoms with Gasteiger partial charge in [-0.25, -0.2) is 8.42 Å². The van der Waals surface area contributed by atoms with E-state index >= 15 is 0 Å². The van der Waals surface area contributed by atoms with E-state index in [1.165, 1.54) is 6.07 Å². The SMILES string of the molecule is Cc1ccc(NS(=O)(=O)c2cc([N+](=O)[O-])ccc2N=Nc2c(O)[nH]c3c(C)cccc23)c(C)c1. The van der Waals surface area contributed by atoms with Crippen LogP contribution in [0.3, 0.4) is 0 Å². The minimum Gasteiger partial charge on any atom is -0.493 e. The first kappa shape index (κ1) is 22.9. The van der Waals surface area contributed by atoms with E-state index in [9.17, 15) is 23.6 Å². The first-order chi connectivity index (χ1) is 16.1. The molecule has 0 atom stereocenters. The number of nitro groups is 1. The van der Waals surface area contributed by atoms with Crippen LogP contribution in [0.25, 0.3) is 10.9 Å². The average molecular weight is 480 g/mol. The molecule has 0 fully saturated rings. The molecule has 1 heterocycles. The molecule has 3 aromatic carbocycles. The van der Waals surface area contributed by atoms with Crippen LogP contribution in [-0.2, 0) is 10.0 Å². The standard InChI is InChI=1S/C23H21N5O5S/c1-13-7-9-18(15(3)11-13)27-34(32,33)20-12-16(28(30)31)8-10-19(20)25-26-22-17-6-4-5-14(2)21(17)24-23(22)29/h4-12,24,27,29H,1-3H3. The van der Waals surface area contributed by atoms with Crippen molar-refractivity contribution in [3.63, 3.8) is 0 Å². The number of aromatic amines is 1. The Bertz CT molecular complexity index is 1570. The highest BCUT2D eigenvalue weighted by Gasteiger charge is 2.24. The molecule has 0 radical (unpaired) electrons. The lowest BCUT2D eigenvalue weighted by molar-refractivity contribution is -0.385. The number of aryl methyl sites for hydroxylation is 3. The average Bonchev–Trinajstić information content (AvgIpc) is 3.10. The second-order valence-corrected chi connectivity index (χ2v) is 9.50. The number of nitrogens with one attached hydrogen (secondary N) is 2. The molecular weight excluding hydrogens is 458 g/mol. The predicted octanol–water partition coefficient (Wildman–Crippen LogP) is 5.92. The number of anilines is 1. The fraction of sp³-hybridized carbons (Fsp3) is 0.130. The zero-order valence-corrected chi connectivity index (χ0v) is 19.3. The van der Waals surface area contributed by atoms with Crippen LogP contribution in [0.4, 0.5) is 22.7 Å². The molecule has 3 N–H and O–H groups in total. The third-order valence-corrected chi connectivity index (χ3v) is 6.72. The number of non-ortho nitro benzene ring substituents is 1. The summed E-state index contributed by atoms with van der Waals surface area (Å²) in [5, 5.41) is 30.3. The Morgan fingerprint density at radius 1 is 1.00 bits per heavy atom. The van der Waals surface area contributed by atoms with Crippen molar-refractivity contribution in [3.8, 4) is 5.88 Å². The monoisotopic (exact) mass is 479 g/mol. The van der Waals surface area contributed by atoms with Crippen LogP contribution in [0.1, 0.15) is 16.7 Å². The summed E-state index contributed by atoms with van der Waals surface area (Å²) in [7, 11) is -4.26. The number of nitrogens with zero attached hydrogens (tertiary/aromatic N) is 3. The molecule has 0 aliphatic rings. The topological polar surface area (TPSA) is 150 Å². The molecule has 0 unspecified atom stereocenters. The molecule has 0 bridgehead atoms. The number of aromatic nitrogens is 1. The van der Waals surface area contributed by atoms with E-state index in [-0.39, 0.29) is 17.3 Å². The fourth-order valence-electron chi connectivity index (χ4n) is 3.58. The normalized spacial score (nSPS) is 11.9. The number of aromatic hydroxyl groups is 1. The lowest BCUT2D eigenvalue weighted by Crippen LogP contribution is -2.14. The number of nitro benzene ring substituents is 1. The molecule has 10 nitrogen and oxygen atoms in total. The third kappa shape index (κ3) is 4.33. The summed E-state index contributed by atoms with van der Waals surface area (Å²) in [6, 6.07) is 13.8. The highest BCUT2D eigenvalue weighted by molar-refractivity contribution is 7.92.